The molecule has 0 radical (unpaired) electrons. The van der Waals surface area contributed by atoms with Crippen molar-refractivity contribution in [2.45, 2.75) is 64.2 Å². The van der Waals surface area contributed by atoms with Crippen molar-refractivity contribution in [1.29, 1.82) is 0 Å². The fourth-order valence-electron chi connectivity index (χ4n) is 3.86. The molecule has 3 aromatic carbocycles. The summed E-state index contributed by atoms with van der Waals surface area (Å²) in [6.07, 6.45) is 2.98. The molecule has 0 heterocycles. The average molecular weight is 528 g/mol. The van der Waals surface area contributed by atoms with Gasteiger partial charge in [-0.05, 0) is 78.8 Å². The average Bonchev–Trinajstić information content (AvgIpc) is 2.82. The molecule has 5 nitrogen and oxygen atoms in total. The van der Waals surface area contributed by atoms with Crippen molar-refractivity contribution in [3.8, 4) is 5.75 Å². The summed E-state index contributed by atoms with van der Waals surface area (Å²) in [5, 5.41) is 0.407. The standard InChI is InChI=1S/C29H34ClNO4S/c1-6-7-8-22-10-14-24(15-11-22)31(36(33,34)25-16-12-23(30)13-17-25)28(32)20-35-27-18-9-21(2)19-26(27)29(3,4)5/h9-19H,6-8,20H2,1-5H3. The van der Waals surface area contributed by atoms with Gasteiger partial charge in [-0.15, -0.1) is 0 Å². The minimum atomic E-state index is -4.20. The maximum absolute atomic E-state index is 13.6. The highest BCUT2D eigenvalue weighted by Gasteiger charge is 2.32. The summed E-state index contributed by atoms with van der Waals surface area (Å²) in [6, 6.07) is 18.6. The van der Waals surface area contributed by atoms with Crippen LogP contribution in [-0.4, -0.2) is 20.9 Å². The number of carbonyl (C=O) groups excluding carboxylic acids is 1. The van der Waals surface area contributed by atoms with Crippen molar-refractivity contribution in [1.82, 2.24) is 0 Å². The van der Waals surface area contributed by atoms with Crippen LogP contribution in [0.5, 0.6) is 5.75 Å². The van der Waals surface area contributed by atoms with Gasteiger partial charge in [-0.3, -0.25) is 4.79 Å². The Morgan fingerprint density at radius 3 is 2.19 bits per heavy atom. The lowest BCUT2D eigenvalue weighted by atomic mass is 9.85. The van der Waals surface area contributed by atoms with Crippen molar-refractivity contribution in [2.24, 2.45) is 0 Å². The number of unbranched alkanes of at least 4 members (excludes halogenated alkanes) is 1. The first-order chi connectivity index (χ1) is 16.9. The van der Waals surface area contributed by atoms with Crippen LogP contribution < -0.4 is 9.04 Å². The molecule has 0 aliphatic heterocycles. The highest BCUT2D eigenvalue weighted by atomic mass is 35.5. The fraction of sp³-hybridized carbons (Fsp3) is 0.345. The molecule has 3 rings (SSSR count). The number of benzene rings is 3. The van der Waals surface area contributed by atoms with Crippen LogP contribution in [-0.2, 0) is 26.7 Å². The Kier molecular flexibility index (Phi) is 8.85. The van der Waals surface area contributed by atoms with Crippen molar-refractivity contribution < 1.29 is 17.9 Å². The number of carbonyl (C=O) groups is 1. The lowest BCUT2D eigenvalue weighted by Crippen LogP contribution is -2.40. The van der Waals surface area contributed by atoms with E-state index in [1.165, 1.54) is 24.3 Å². The summed E-state index contributed by atoms with van der Waals surface area (Å²) in [5.74, 6) is -0.133. The summed E-state index contributed by atoms with van der Waals surface area (Å²) in [5.41, 5.74) is 3.16. The monoisotopic (exact) mass is 527 g/mol. The number of halogens is 1. The summed E-state index contributed by atoms with van der Waals surface area (Å²) in [6.45, 7) is 9.87. The van der Waals surface area contributed by atoms with E-state index in [9.17, 15) is 13.2 Å². The second kappa shape index (κ2) is 11.5. The molecule has 3 aromatic rings. The van der Waals surface area contributed by atoms with E-state index < -0.39 is 22.5 Å². The third-order valence-corrected chi connectivity index (χ3v) is 7.88. The predicted molar refractivity (Wildman–Crippen MR) is 147 cm³/mol. The fourth-order valence-corrected chi connectivity index (χ4v) is 5.40. The first-order valence-corrected chi connectivity index (χ1v) is 13.9. The van der Waals surface area contributed by atoms with E-state index in [0.717, 1.165) is 40.3 Å². The van der Waals surface area contributed by atoms with E-state index in [1.54, 1.807) is 12.1 Å². The van der Waals surface area contributed by atoms with Gasteiger partial charge in [-0.25, -0.2) is 8.42 Å². The molecule has 0 N–H and O–H groups in total. The van der Waals surface area contributed by atoms with Gasteiger partial charge in [-0.1, -0.05) is 75.5 Å². The molecule has 0 aliphatic carbocycles. The molecule has 1 amide bonds. The lowest BCUT2D eigenvalue weighted by Gasteiger charge is -2.25. The van der Waals surface area contributed by atoms with E-state index in [4.69, 9.17) is 16.3 Å². The van der Waals surface area contributed by atoms with Crippen LogP contribution in [0.15, 0.2) is 71.6 Å². The molecule has 0 atom stereocenters. The van der Waals surface area contributed by atoms with E-state index >= 15 is 0 Å². The topological polar surface area (TPSA) is 63.7 Å². The van der Waals surface area contributed by atoms with Gasteiger partial charge in [0.15, 0.2) is 6.61 Å². The number of hydrogen-bond acceptors (Lipinski definition) is 4. The van der Waals surface area contributed by atoms with Gasteiger partial charge in [0.05, 0.1) is 10.6 Å². The molecule has 0 bridgehead atoms. The maximum Gasteiger partial charge on any atom is 0.278 e. The first kappa shape index (κ1) is 27.8. The van der Waals surface area contributed by atoms with Gasteiger partial charge in [0, 0.05) is 5.02 Å². The molecule has 0 fully saturated rings. The SMILES string of the molecule is CCCCc1ccc(N(C(=O)COc2ccc(C)cc2C(C)(C)C)S(=O)(=O)c2ccc(Cl)cc2)cc1. The third kappa shape index (κ3) is 6.68. The highest BCUT2D eigenvalue weighted by Crippen LogP contribution is 2.33. The molecule has 7 heteroatoms. The van der Waals surface area contributed by atoms with Crippen molar-refractivity contribution >= 4 is 33.2 Å². The molecule has 36 heavy (non-hydrogen) atoms. The molecular formula is C29H34ClNO4S. The smallest absolute Gasteiger partial charge is 0.278 e. The van der Waals surface area contributed by atoms with Gasteiger partial charge in [0.2, 0.25) is 0 Å². The van der Waals surface area contributed by atoms with E-state index in [-0.39, 0.29) is 16.0 Å². The lowest BCUT2D eigenvalue weighted by molar-refractivity contribution is -0.119. The van der Waals surface area contributed by atoms with E-state index in [2.05, 4.69) is 27.7 Å². The number of sulfonamides is 1. The Balaban J connectivity index is 1.97. The summed E-state index contributed by atoms with van der Waals surface area (Å²) in [4.78, 5) is 13.5. The Labute approximate surface area is 220 Å². The van der Waals surface area contributed by atoms with Gasteiger partial charge >= 0.3 is 0 Å². The van der Waals surface area contributed by atoms with Crippen LogP contribution in [0.25, 0.3) is 0 Å². The van der Waals surface area contributed by atoms with Gasteiger partial charge in [0.1, 0.15) is 5.75 Å². The van der Waals surface area contributed by atoms with Crippen LogP contribution in [0.2, 0.25) is 5.02 Å². The first-order valence-electron chi connectivity index (χ1n) is 12.1. The van der Waals surface area contributed by atoms with E-state index in [0.29, 0.717) is 10.8 Å². The normalized spacial score (nSPS) is 11.8. The third-order valence-electron chi connectivity index (χ3n) is 5.86. The second-order valence-corrected chi connectivity index (χ2v) is 12.1. The number of amides is 1. The Bertz CT molecular complexity index is 1290. The second-order valence-electron chi connectivity index (χ2n) is 9.93. The highest BCUT2D eigenvalue weighted by molar-refractivity contribution is 7.93. The number of ether oxygens (including phenoxy) is 1. The van der Waals surface area contributed by atoms with Crippen LogP contribution in [0.4, 0.5) is 5.69 Å². The van der Waals surface area contributed by atoms with Crippen molar-refractivity contribution in [3.63, 3.8) is 0 Å². The number of rotatable bonds is 9. The Hall–Kier alpha value is -2.83. The molecule has 0 saturated carbocycles. The van der Waals surface area contributed by atoms with Crippen LogP contribution in [0.3, 0.4) is 0 Å². The zero-order valence-electron chi connectivity index (χ0n) is 21.5. The van der Waals surface area contributed by atoms with E-state index in [1.807, 2.05) is 37.3 Å². The summed E-state index contributed by atoms with van der Waals surface area (Å²) in [7, 11) is -4.20. The zero-order chi connectivity index (χ0) is 26.5. The van der Waals surface area contributed by atoms with Crippen molar-refractivity contribution in [3.05, 3.63) is 88.4 Å². The van der Waals surface area contributed by atoms with Crippen LogP contribution >= 0.6 is 11.6 Å². The Morgan fingerprint density at radius 2 is 1.61 bits per heavy atom. The van der Waals surface area contributed by atoms with Gasteiger partial charge < -0.3 is 4.74 Å². The predicted octanol–water partition coefficient (Wildman–Crippen LogP) is 7.09. The maximum atomic E-state index is 13.6. The number of hydrogen-bond donors (Lipinski definition) is 0. The number of aryl methyl sites for hydroxylation is 2. The molecule has 0 aliphatic rings. The Morgan fingerprint density at radius 1 is 0.972 bits per heavy atom. The molecule has 0 spiro atoms. The van der Waals surface area contributed by atoms with Crippen molar-refractivity contribution in [2.75, 3.05) is 10.9 Å². The molecule has 0 unspecified atom stereocenters. The minimum absolute atomic E-state index is 0.0268. The van der Waals surface area contributed by atoms with Gasteiger partial charge in [0.25, 0.3) is 15.9 Å². The largest absolute Gasteiger partial charge is 0.483 e. The quantitative estimate of drug-likeness (QED) is 0.298. The zero-order valence-corrected chi connectivity index (χ0v) is 23.1. The molecule has 192 valence electrons. The minimum Gasteiger partial charge on any atom is -0.483 e. The van der Waals surface area contributed by atoms with Crippen LogP contribution in [0, 0.1) is 6.92 Å². The van der Waals surface area contributed by atoms with Crippen LogP contribution in [0.1, 0.15) is 57.2 Å². The number of anilines is 1. The summed E-state index contributed by atoms with van der Waals surface area (Å²) >= 11 is 5.96. The van der Waals surface area contributed by atoms with Gasteiger partial charge in [-0.2, -0.15) is 4.31 Å². The molecule has 0 aromatic heterocycles. The molecular weight excluding hydrogens is 494 g/mol. The number of nitrogens with zero attached hydrogens (tertiary/aromatic N) is 1. The summed E-state index contributed by atoms with van der Waals surface area (Å²) < 4.78 is 34.0. The molecule has 0 saturated heterocycles.